The lowest BCUT2D eigenvalue weighted by Gasteiger charge is -2.30. The Morgan fingerprint density at radius 2 is 2.00 bits per heavy atom. The van der Waals surface area contributed by atoms with Gasteiger partial charge in [0, 0.05) is 24.2 Å². The van der Waals surface area contributed by atoms with Crippen molar-refractivity contribution in [1.82, 2.24) is 10.1 Å². The zero-order valence-corrected chi connectivity index (χ0v) is 17.6. The summed E-state index contributed by atoms with van der Waals surface area (Å²) in [5.41, 5.74) is 2.06. The molecule has 0 radical (unpaired) electrons. The Balaban J connectivity index is 1.60. The van der Waals surface area contributed by atoms with E-state index in [-0.39, 0.29) is 30.1 Å². The van der Waals surface area contributed by atoms with E-state index < -0.39 is 0 Å². The number of carbonyl (C=O) groups excluding carboxylic acids is 2. The quantitative estimate of drug-likeness (QED) is 0.658. The standard InChI is InChI=1S/C21H25ClN2O5/c1-4-27-21(26)15-6-5-7-24(11-15)20(25)18-10-17(29-23-18)12-28-16-8-13(2)19(22)14(3)9-16/h8-10,15H,4-7,11-12H2,1-3H3. The third-order valence-corrected chi connectivity index (χ3v) is 5.49. The molecule has 1 aliphatic rings. The van der Waals surface area contributed by atoms with Crippen LogP contribution in [0, 0.1) is 19.8 Å². The van der Waals surface area contributed by atoms with Gasteiger partial charge in [0.2, 0.25) is 0 Å². The monoisotopic (exact) mass is 420 g/mol. The van der Waals surface area contributed by atoms with Crippen LogP contribution in [0.3, 0.4) is 0 Å². The molecular weight excluding hydrogens is 396 g/mol. The molecule has 1 amide bonds. The molecule has 7 nitrogen and oxygen atoms in total. The summed E-state index contributed by atoms with van der Waals surface area (Å²) in [4.78, 5) is 26.3. The minimum Gasteiger partial charge on any atom is -0.486 e. The Bertz CT molecular complexity index is 872. The van der Waals surface area contributed by atoms with Crippen molar-refractivity contribution in [1.29, 1.82) is 0 Å². The van der Waals surface area contributed by atoms with Crippen molar-refractivity contribution < 1.29 is 23.6 Å². The van der Waals surface area contributed by atoms with Gasteiger partial charge in [0.15, 0.2) is 11.5 Å². The number of hydrogen-bond donors (Lipinski definition) is 0. The fraction of sp³-hybridized carbons (Fsp3) is 0.476. The zero-order valence-electron chi connectivity index (χ0n) is 16.9. The number of rotatable bonds is 6. The van der Waals surface area contributed by atoms with Gasteiger partial charge >= 0.3 is 5.97 Å². The normalized spacial score (nSPS) is 16.6. The molecule has 1 atom stereocenters. The first-order chi connectivity index (χ1) is 13.9. The van der Waals surface area contributed by atoms with Crippen molar-refractivity contribution in [2.45, 2.75) is 40.2 Å². The lowest BCUT2D eigenvalue weighted by atomic mass is 9.98. The third kappa shape index (κ3) is 5.09. The summed E-state index contributed by atoms with van der Waals surface area (Å²) in [5.74, 6) is 0.304. The summed E-state index contributed by atoms with van der Waals surface area (Å²) in [6, 6.07) is 5.27. The summed E-state index contributed by atoms with van der Waals surface area (Å²) in [6.45, 7) is 6.99. The van der Waals surface area contributed by atoms with Crippen LogP contribution in [0.25, 0.3) is 0 Å². The van der Waals surface area contributed by atoms with Gasteiger partial charge in [-0.25, -0.2) is 0 Å². The molecule has 0 aliphatic carbocycles. The number of piperidine rings is 1. The maximum atomic E-state index is 12.7. The molecule has 29 heavy (non-hydrogen) atoms. The molecule has 0 N–H and O–H groups in total. The van der Waals surface area contributed by atoms with Crippen LogP contribution in [-0.4, -0.2) is 41.6 Å². The largest absolute Gasteiger partial charge is 0.486 e. The number of aromatic nitrogens is 1. The summed E-state index contributed by atoms with van der Waals surface area (Å²) < 4.78 is 16.1. The van der Waals surface area contributed by atoms with Gasteiger partial charge in [0.1, 0.15) is 12.4 Å². The van der Waals surface area contributed by atoms with Crippen LogP contribution in [-0.2, 0) is 16.1 Å². The molecule has 1 aromatic carbocycles. The number of halogens is 1. The smallest absolute Gasteiger partial charge is 0.310 e. The molecule has 2 aromatic rings. The fourth-order valence-electron chi connectivity index (χ4n) is 3.40. The van der Waals surface area contributed by atoms with E-state index in [4.69, 9.17) is 25.6 Å². The summed E-state index contributed by atoms with van der Waals surface area (Å²) in [7, 11) is 0. The van der Waals surface area contributed by atoms with E-state index in [0.29, 0.717) is 36.2 Å². The number of hydrogen-bond acceptors (Lipinski definition) is 6. The second-order valence-corrected chi connectivity index (χ2v) is 7.56. The summed E-state index contributed by atoms with van der Waals surface area (Å²) in [5, 5.41) is 4.59. The molecule has 0 spiro atoms. The first-order valence-corrected chi connectivity index (χ1v) is 10.1. The van der Waals surface area contributed by atoms with E-state index in [1.54, 1.807) is 17.9 Å². The Kier molecular flexibility index (Phi) is 6.79. The van der Waals surface area contributed by atoms with Gasteiger partial charge in [0.25, 0.3) is 5.91 Å². The number of aryl methyl sites for hydroxylation is 2. The molecule has 156 valence electrons. The van der Waals surface area contributed by atoms with Crippen molar-refractivity contribution in [3.8, 4) is 5.75 Å². The number of ether oxygens (including phenoxy) is 2. The predicted octanol–water partition coefficient (Wildman–Crippen LogP) is 3.94. The van der Waals surface area contributed by atoms with E-state index in [0.717, 1.165) is 24.0 Å². The van der Waals surface area contributed by atoms with Gasteiger partial charge in [-0.15, -0.1) is 0 Å². The zero-order chi connectivity index (χ0) is 21.0. The lowest BCUT2D eigenvalue weighted by Crippen LogP contribution is -2.42. The number of benzene rings is 1. The van der Waals surface area contributed by atoms with Crippen LogP contribution in [0.15, 0.2) is 22.7 Å². The third-order valence-electron chi connectivity index (χ3n) is 4.90. The molecule has 0 saturated carbocycles. The molecule has 1 fully saturated rings. The molecule has 0 bridgehead atoms. The highest BCUT2D eigenvalue weighted by Gasteiger charge is 2.31. The highest BCUT2D eigenvalue weighted by atomic mass is 35.5. The van der Waals surface area contributed by atoms with Crippen molar-refractivity contribution in [2.24, 2.45) is 5.92 Å². The van der Waals surface area contributed by atoms with E-state index in [1.165, 1.54) is 0 Å². The van der Waals surface area contributed by atoms with Crippen molar-refractivity contribution in [2.75, 3.05) is 19.7 Å². The second-order valence-electron chi connectivity index (χ2n) is 7.18. The molecule has 1 aliphatic heterocycles. The van der Waals surface area contributed by atoms with Crippen molar-refractivity contribution in [3.63, 3.8) is 0 Å². The minimum atomic E-state index is -0.293. The predicted molar refractivity (Wildman–Crippen MR) is 107 cm³/mol. The first kappa shape index (κ1) is 21.2. The van der Waals surface area contributed by atoms with E-state index in [9.17, 15) is 9.59 Å². The summed E-state index contributed by atoms with van der Waals surface area (Å²) >= 11 is 6.17. The summed E-state index contributed by atoms with van der Waals surface area (Å²) in [6.07, 6.45) is 1.47. The van der Waals surface area contributed by atoms with Crippen LogP contribution in [0.1, 0.15) is 47.1 Å². The number of likely N-dealkylation sites (tertiary alicyclic amines) is 1. The Morgan fingerprint density at radius 3 is 2.69 bits per heavy atom. The SMILES string of the molecule is CCOC(=O)C1CCCN(C(=O)c2cc(COc3cc(C)c(Cl)c(C)c3)on2)C1. The van der Waals surface area contributed by atoms with Gasteiger partial charge in [-0.2, -0.15) is 0 Å². The Hall–Kier alpha value is -2.54. The molecule has 1 aromatic heterocycles. The van der Waals surface area contributed by atoms with Crippen LogP contribution in [0.2, 0.25) is 5.02 Å². The minimum absolute atomic E-state index is 0.145. The van der Waals surface area contributed by atoms with E-state index in [1.807, 2.05) is 26.0 Å². The number of esters is 1. The van der Waals surface area contributed by atoms with Gasteiger partial charge in [-0.3, -0.25) is 9.59 Å². The Labute approximate surface area is 174 Å². The van der Waals surface area contributed by atoms with Crippen LogP contribution >= 0.6 is 11.6 Å². The average molecular weight is 421 g/mol. The highest BCUT2D eigenvalue weighted by Crippen LogP contribution is 2.26. The molecule has 8 heteroatoms. The van der Waals surface area contributed by atoms with Gasteiger partial charge in [0.05, 0.1) is 12.5 Å². The first-order valence-electron chi connectivity index (χ1n) is 9.70. The Morgan fingerprint density at radius 1 is 1.28 bits per heavy atom. The second kappa shape index (κ2) is 9.31. The number of amides is 1. The lowest BCUT2D eigenvalue weighted by molar-refractivity contribution is -0.149. The van der Waals surface area contributed by atoms with Gasteiger partial charge in [-0.05, 0) is 56.9 Å². The fourth-order valence-corrected chi connectivity index (χ4v) is 3.51. The van der Waals surface area contributed by atoms with Gasteiger partial charge in [-0.1, -0.05) is 16.8 Å². The topological polar surface area (TPSA) is 81.9 Å². The number of carbonyl (C=O) groups is 2. The van der Waals surface area contributed by atoms with Crippen molar-refractivity contribution in [3.05, 3.63) is 45.8 Å². The molecule has 1 unspecified atom stereocenters. The van der Waals surface area contributed by atoms with Crippen LogP contribution in [0.4, 0.5) is 0 Å². The molecule has 2 heterocycles. The van der Waals surface area contributed by atoms with E-state index in [2.05, 4.69) is 5.16 Å². The van der Waals surface area contributed by atoms with Crippen LogP contribution in [0.5, 0.6) is 5.75 Å². The van der Waals surface area contributed by atoms with E-state index >= 15 is 0 Å². The number of nitrogens with zero attached hydrogens (tertiary/aromatic N) is 2. The van der Waals surface area contributed by atoms with Gasteiger partial charge < -0.3 is 18.9 Å². The van der Waals surface area contributed by atoms with Crippen LogP contribution < -0.4 is 4.74 Å². The molecular formula is C21H25ClN2O5. The highest BCUT2D eigenvalue weighted by molar-refractivity contribution is 6.32. The molecule has 1 saturated heterocycles. The van der Waals surface area contributed by atoms with Crippen molar-refractivity contribution >= 4 is 23.5 Å². The maximum absolute atomic E-state index is 12.7. The maximum Gasteiger partial charge on any atom is 0.310 e. The molecule has 3 rings (SSSR count). The average Bonchev–Trinajstić information content (AvgIpc) is 3.19.